The van der Waals surface area contributed by atoms with E-state index >= 15 is 0 Å². The average molecular weight is 458 g/mol. The molecule has 2 aromatic heterocycles. The molecule has 1 amide bonds. The van der Waals surface area contributed by atoms with E-state index in [4.69, 9.17) is 11.6 Å². The Kier molecular flexibility index (Phi) is 6.47. The van der Waals surface area contributed by atoms with Gasteiger partial charge in [0, 0.05) is 28.0 Å². The average Bonchev–Trinajstić information content (AvgIpc) is 3.13. The van der Waals surface area contributed by atoms with Gasteiger partial charge in [0.25, 0.3) is 5.78 Å². The first-order valence-corrected chi connectivity index (χ1v) is 11.5. The van der Waals surface area contributed by atoms with Gasteiger partial charge in [-0.15, -0.1) is 5.10 Å². The summed E-state index contributed by atoms with van der Waals surface area (Å²) >= 11 is 6.31. The van der Waals surface area contributed by atoms with Crippen LogP contribution in [0.1, 0.15) is 55.9 Å². The van der Waals surface area contributed by atoms with Crippen LogP contribution in [-0.4, -0.2) is 36.4 Å². The van der Waals surface area contributed by atoms with Crippen molar-refractivity contribution in [2.24, 2.45) is 11.8 Å². The zero-order chi connectivity index (χ0) is 23.0. The number of fused-ring (bicyclic) bond motifs is 1. The van der Waals surface area contributed by atoms with Gasteiger partial charge in [0.05, 0.1) is 13.0 Å². The number of hydrogen-bond acceptors (Lipinski definition) is 4. The van der Waals surface area contributed by atoms with Crippen LogP contribution in [0.5, 0.6) is 0 Å². The molecule has 0 radical (unpaired) electrons. The molecular formula is C24H29ClFN5O. The highest BCUT2D eigenvalue weighted by atomic mass is 35.5. The third kappa shape index (κ3) is 4.49. The molecule has 8 heteroatoms. The van der Waals surface area contributed by atoms with Gasteiger partial charge in [-0.25, -0.2) is 13.9 Å². The van der Waals surface area contributed by atoms with Gasteiger partial charge in [-0.2, -0.15) is 4.98 Å². The van der Waals surface area contributed by atoms with Crippen molar-refractivity contribution >= 4 is 23.3 Å². The fourth-order valence-electron chi connectivity index (χ4n) is 4.76. The monoisotopic (exact) mass is 457 g/mol. The van der Waals surface area contributed by atoms with Crippen molar-refractivity contribution in [2.75, 3.05) is 0 Å². The van der Waals surface area contributed by atoms with Crippen LogP contribution in [0.15, 0.2) is 24.3 Å². The number of rotatable bonds is 5. The number of hydrogen-bond donors (Lipinski definition) is 0. The molecule has 3 unspecified atom stereocenters. The van der Waals surface area contributed by atoms with Crippen molar-refractivity contribution in [3.63, 3.8) is 0 Å². The first-order chi connectivity index (χ1) is 15.2. The Balaban J connectivity index is 1.66. The van der Waals surface area contributed by atoms with Gasteiger partial charge in [-0.1, -0.05) is 44.4 Å². The molecule has 1 aliphatic carbocycles. The summed E-state index contributed by atoms with van der Waals surface area (Å²) < 4.78 is 16.3. The lowest BCUT2D eigenvalue weighted by Gasteiger charge is -2.42. The van der Waals surface area contributed by atoms with Gasteiger partial charge in [-0.05, 0) is 50.3 Å². The predicted octanol–water partition coefficient (Wildman–Crippen LogP) is 4.93. The van der Waals surface area contributed by atoms with Crippen LogP contribution in [-0.2, 0) is 17.8 Å². The van der Waals surface area contributed by atoms with E-state index in [1.165, 1.54) is 6.07 Å². The second kappa shape index (κ2) is 9.14. The molecular weight excluding hydrogens is 429 g/mol. The standard InChI is InChI=1S/C24H29ClFN5O/c1-14-7-5-10-21(17(14)4)30(13-18-19(25)8-6-9-20(18)26)23(32)12-22-28-24-27-15(2)11-16(3)31(24)29-22/h6,8-9,11,14,17,21H,5,7,10,12-13H2,1-4H3. The molecule has 0 N–H and O–H groups in total. The Labute approximate surface area is 192 Å². The molecule has 0 bridgehead atoms. The number of amides is 1. The summed E-state index contributed by atoms with van der Waals surface area (Å²) in [6, 6.07) is 6.57. The van der Waals surface area contributed by atoms with Gasteiger partial charge in [0.1, 0.15) is 5.82 Å². The topological polar surface area (TPSA) is 63.4 Å². The number of nitrogens with zero attached hydrogens (tertiary/aromatic N) is 5. The first-order valence-electron chi connectivity index (χ1n) is 11.2. The maximum Gasteiger partial charge on any atom is 0.252 e. The van der Waals surface area contributed by atoms with E-state index in [9.17, 15) is 9.18 Å². The van der Waals surface area contributed by atoms with Crippen LogP contribution in [0.25, 0.3) is 5.78 Å². The Morgan fingerprint density at radius 2 is 2.03 bits per heavy atom. The lowest BCUT2D eigenvalue weighted by Crippen LogP contribution is -2.47. The summed E-state index contributed by atoms with van der Waals surface area (Å²) in [6.45, 7) is 8.36. The minimum atomic E-state index is -0.395. The molecule has 32 heavy (non-hydrogen) atoms. The van der Waals surface area contributed by atoms with Crippen LogP contribution in [0.2, 0.25) is 5.02 Å². The maximum atomic E-state index is 14.6. The number of carbonyl (C=O) groups is 1. The first kappa shape index (κ1) is 22.6. The van der Waals surface area contributed by atoms with E-state index in [2.05, 4.69) is 28.9 Å². The zero-order valence-electron chi connectivity index (χ0n) is 19.0. The fraction of sp³-hybridized carbons (Fsp3) is 0.500. The number of aromatic nitrogens is 4. The molecule has 1 aromatic carbocycles. The molecule has 4 rings (SSSR count). The molecule has 2 heterocycles. The molecule has 3 aromatic rings. The largest absolute Gasteiger partial charge is 0.335 e. The Morgan fingerprint density at radius 1 is 1.25 bits per heavy atom. The Hall–Kier alpha value is -2.54. The molecule has 3 atom stereocenters. The second-order valence-corrected chi connectivity index (χ2v) is 9.42. The summed E-state index contributed by atoms with van der Waals surface area (Å²) in [5.74, 6) is 1.17. The number of carbonyl (C=O) groups excluding carboxylic acids is 1. The van der Waals surface area contributed by atoms with E-state index in [-0.39, 0.29) is 24.9 Å². The van der Waals surface area contributed by atoms with Gasteiger partial charge >= 0.3 is 0 Å². The molecule has 0 spiro atoms. The Bertz CT molecular complexity index is 1130. The highest BCUT2D eigenvalue weighted by molar-refractivity contribution is 6.31. The summed E-state index contributed by atoms with van der Waals surface area (Å²) in [4.78, 5) is 24.2. The molecule has 1 fully saturated rings. The molecule has 0 aliphatic heterocycles. The van der Waals surface area contributed by atoms with Crippen LogP contribution in [0.4, 0.5) is 4.39 Å². The molecule has 1 aliphatic rings. The normalized spacial score (nSPS) is 21.1. The smallest absolute Gasteiger partial charge is 0.252 e. The van der Waals surface area contributed by atoms with Crippen molar-refractivity contribution in [2.45, 2.75) is 66.0 Å². The Morgan fingerprint density at radius 3 is 2.78 bits per heavy atom. The van der Waals surface area contributed by atoms with Crippen LogP contribution in [0, 0.1) is 31.5 Å². The van der Waals surface area contributed by atoms with E-state index in [1.54, 1.807) is 21.5 Å². The van der Waals surface area contributed by atoms with Crippen LogP contribution < -0.4 is 0 Å². The van der Waals surface area contributed by atoms with Gasteiger partial charge in [0.15, 0.2) is 5.82 Å². The summed E-state index contributed by atoms with van der Waals surface area (Å²) in [7, 11) is 0. The third-order valence-electron chi connectivity index (χ3n) is 6.75. The summed E-state index contributed by atoms with van der Waals surface area (Å²) in [5.41, 5.74) is 2.11. The van der Waals surface area contributed by atoms with Crippen molar-refractivity contribution < 1.29 is 9.18 Å². The van der Waals surface area contributed by atoms with Crippen molar-refractivity contribution in [1.82, 2.24) is 24.5 Å². The van der Waals surface area contributed by atoms with E-state index in [1.807, 2.05) is 19.9 Å². The van der Waals surface area contributed by atoms with Crippen molar-refractivity contribution in [3.05, 3.63) is 57.9 Å². The zero-order valence-corrected chi connectivity index (χ0v) is 19.7. The number of benzene rings is 1. The van der Waals surface area contributed by atoms with Gasteiger partial charge in [0.2, 0.25) is 5.91 Å². The third-order valence-corrected chi connectivity index (χ3v) is 7.10. The summed E-state index contributed by atoms with van der Waals surface area (Å²) in [6.07, 6.45) is 3.10. The predicted molar refractivity (Wildman–Crippen MR) is 122 cm³/mol. The number of aryl methyl sites for hydroxylation is 2. The molecule has 0 saturated heterocycles. The van der Waals surface area contributed by atoms with Crippen LogP contribution >= 0.6 is 11.6 Å². The lowest BCUT2D eigenvalue weighted by atomic mass is 9.77. The highest BCUT2D eigenvalue weighted by Gasteiger charge is 2.35. The molecule has 170 valence electrons. The van der Waals surface area contributed by atoms with E-state index in [0.29, 0.717) is 34.0 Å². The maximum absolute atomic E-state index is 14.6. The van der Waals surface area contributed by atoms with Gasteiger partial charge in [-0.3, -0.25) is 4.79 Å². The lowest BCUT2D eigenvalue weighted by molar-refractivity contribution is -0.136. The fourth-order valence-corrected chi connectivity index (χ4v) is 4.98. The summed E-state index contributed by atoms with van der Waals surface area (Å²) in [5, 5.41) is 4.83. The minimum Gasteiger partial charge on any atom is -0.335 e. The molecule has 6 nitrogen and oxygen atoms in total. The molecule has 1 saturated carbocycles. The quantitative estimate of drug-likeness (QED) is 0.545. The minimum absolute atomic E-state index is 0.0149. The second-order valence-electron chi connectivity index (χ2n) is 9.01. The SMILES string of the molecule is Cc1cc(C)n2nc(CC(=O)N(Cc3c(F)cccc3Cl)C3CCCC(C)C3C)nc2n1. The van der Waals surface area contributed by atoms with Gasteiger partial charge < -0.3 is 4.90 Å². The van der Waals surface area contributed by atoms with Crippen molar-refractivity contribution in [3.8, 4) is 0 Å². The number of halogens is 2. The highest BCUT2D eigenvalue weighted by Crippen LogP contribution is 2.35. The van der Waals surface area contributed by atoms with E-state index in [0.717, 1.165) is 30.7 Å². The van der Waals surface area contributed by atoms with E-state index < -0.39 is 5.82 Å². The van der Waals surface area contributed by atoms with Crippen molar-refractivity contribution in [1.29, 1.82) is 0 Å². The van der Waals surface area contributed by atoms with Crippen LogP contribution in [0.3, 0.4) is 0 Å².